The first-order valence-corrected chi connectivity index (χ1v) is 39.9. The van der Waals surface area contributed by atoms with Crippen molar-refractivity contribution in [1.82, 2.24) is 33.3 Å². The smallest absolute Gasteiger partial charge is 0.351 e. The number of unbranched alkanes of at least 4 members (excludes halogenated alkanes) is 15. The van der Waals surface area contributed by atoms with Crippen LogP contribution in [0.3, 0.4) is 0 Å². The van der Waals surface area contributed by atoms with Gasteiger partial charge in [0.1, 0.15) is 42.5 Å². The van der Waals surface area contributed by atoms with E-state index in [1.165, 1.54) is 133 Å². The number of benzene rings is 6. The molecule has 0 saturated carbocycles. The summed E-state index contributed by atoms with van der Waals surface area (Å²) in [7, 11) is 0.499. The molecule has 1 unspecified atom stereocenters. The molecule has 2 aliphatic rings. The summed E-state index contributed by atoms with van der Waals surface area (Å²) in [5.41, 5.74) is 3.45. The summed E-state index contributed by atoms with van der Waals surface area (Å²) in [6.07, 6.45) is 18.7. The summed E-state index contributed by atoms with van der Waals surface area (Å²) < 4.78 is 65.5. The summed E-state index contributed by atoms with van der Waals surface area (Å²) in [6, 6.07) is 51.5. The summed E-state index contributed by atoms with van der Waals surface area (Å²) in [6.45, 7) is 5.92. The fraction of sp³-hybridized carbons (Fsp3) is 0.435. The molecular weight excluding hydrogens is 1400 g/mol. The Morgan fingerprint density at radius 2 is 1.01 bits per heavy atom. The van der Waals surface area contributed by atoms with Crippen LogP contribution in [0.2, 0.25) is 0 Å². The Kier molecular flexibility index (Phi) is 31.1. The van der Waals surface area contributed by atoms with E-state index in [4.69, 9.17) is 32.9 Å². The highest BCUT2D eigenvalue weighted by Gasteiger charge is 2.49. The van der Waals surface area contributed by atoms with Gasteiger partial charge in [0.2, 0.25) is 0 Å². The van der Waals surface area contributed by atoms with E-state index < -0.39 is 79.6 Å². The molecule has 0 aliphatic carbocycles. The lowest BCUT2D eigenvalue weighted by Gasteiger charge is -2.51. The van der Waals surface area contributed by atoms with Crippen molar-refractivity contribution in [1.29, 1.82) is 0 Å². The minimum Gasteiger partial charge on any atom is -0.497 e. The summed E-state index contributed by atoms with van der Waals surface area (Å²) in [5.74, 6) is -0.918. The summed E-state index contributed by atoms with van der Waals surface area (Å²) in [5, 5.41) is 5.40. The van der Waals surface area contributed by atoms with Crippen molar-refractivity contribution in [3.8, 4) is 11.5 Å². The molecule has 2 aromatic heterocycles. The number of ether oxygens (including phenoxy) is 6. The van der Waals surface area contributed by atoms with Crippen LogP contribution in [0.15, 0.2) is 192 Å². The number of hydrogen-bond acceptors (Lipinski definition) is 17. The van der Waals surface area contributed by atoms with Gasteiger partial charge in [-0.15, -0.1) is 0 Å². The number of carbonyl (C=O) groups is 4. The van der Waals surface area contributed by atoms with Crippen LogP contribution < -0.4 is 31.5 Å². The van der Waals surface area contributed by atoms with Gasteiger partial charge in [-0.2, -0.15) is 9.97 Å². The van der Waals surface area contributed by atoms with E-state index in [-0.39, 0.29) is 63.9 Å². The fourth-order valence-electron chi connectivity index (χ4n) is 14.1. The average Bonchev–Trinajstić information content (AvgIpc) is 0.722. The number of carbonyl (C=O) groups excluding carboxylic acids is 4. The second kappa shape index (κ2) is 41.4. The van der Waals surface area contributed by atoms with Crippen molar-refractivity contribution in [2.75, 3.05) is 77.8 Å². The second-order valence-electron chi connectivity index (χ2n) is 28.2. The normalized spacial score (nSPS) is 16.8. The molecule has 2 N–H and O–H groups in total. The zero-order valence-electron chi connectivity index (χ0n) is 63.8. The van der Waals surface area contributed by atoms with Crippen LogP contribution in [0.1, 0.15) is 189 Å². The van der Waals surface area contributed by atoms with Crippen molar-refractivity contribution < 1.29 is 56.7 Å². The predicted octanol–water partition coefficient (Wildman–Crippen LogP) is 15.4. The van der Waals surface area contributed by atoms with Gasteiger partial charge in [0, 0.05) is 43.2 Å². The van der Waals surface area contributed by atoms with Crippen LogP contribution in [-0.2, 0) is 49.8 Å². The van der Waals surface area contributed by atoms with Crippen molar-refractivity contribution in [3.63, 3.8) is 0 Å². The quantitative estimate of drug-likeness (QED) is 0.0156. The predicted molar refractivity (Wildman–Crippen MR) is 421 cm³/mol. The molecule has 6 aromatic carbocycles. The fourth-order valence-corrected chi connectivity index (χ4v) is 16.1. The number of rotatable bonds is 41. The second-order valence-corrected chi connectivity index (χ2v) is 30.8. The third-order valence-electron chi connectivity index (χ3n) is 20.1. The first-order chi connectivity index (χ1) is 52.9. The van der Waals surface area contributed by atoms with E-state index in [2.05, 4.69) is 32.4 Å². The molecule has 580 valence electrons. The van der Waals surface area contributed by atoms with Gasteiger partial charge in [0.15, 0.2) is 12.5 Å². The molecule has 24 heteroatoms. The van der Waals surface area contributed by atoms with Crippen LogP contribution in [-0.4, -0.2) is 137 Å². The van der Waals surface area contributed by atoms with Crippen molar-refractivity contribution in [3.05, 3.63) is 248 Å². The van der Waals surface area contributed by atoms with E-state index >= 15 is 4.57 Å². The van der Waals surface area contributed by atoms with E-state index in [0.717, 1.165) is 52.0 Å². The molecule has 0 bridgehead atoms. The number of hydrogen-bond donors (Lipinski definition) is 2. The standard InChI is InChI=1S/C85H106N9O14P/c1-7-8-9-10-11-12-13-14-15-16-17-18-19-20-21-34-53-103-74-55-65(54-63(2)64(74)3)60-104-79(95)47-48-80(96)105-61-73-57-92(59-78(108-73)94-52-50-76(89-84(94)100)87-82(98)67-37-28-23-29-38-67)109(101,90(4)5)106-62-72-56-91(58-77(107-72)93-51-49-75(88-83(93)99)86-81(97)66-35-26-22-27-36-66)85(68-39-30-24-31-40-68,69-41-32-25-33-42-69)70-43-45-71(102-6)46-44-70/h22-33,35-46,49-52,54-55,72-73,77-78H,7-21,34,47-48,53,56-62H2,1-6H3,(H,86,88,97,99)(H,87,89,98,100)/t72-,73-,77+,78+,109?/m0/s1. The molecule has 2 amide bonds. The maximum atomic E-state index is 16.2. The zero-order valence-corrected chi connectivity index (χ0v) is 64.7. The molecule has 10 rings (SSSR count). The molecule has 0 spiro atoms. The molecule has 4 heterocycles. The van der Waals surface area contributed by atoms with Gasteiger partial charge < -0.3 is 43.6 Å². The van der Waals surface area contributed by atoms with E-state index in [9.17, 15) is 28.8 Å². The number of aryl methyl sites for hydroxylation is 1. The monoisotopic (exact) mass is 1510 g/mol. The Morgan fingerprint density at radius 3 is 1.50 bits per heavy atom. The molecule has 2 saturated heterocycles. The van der Waals surface area contributed by atoms with Gasteiger partial charge in [-0.05, 0) is 122 Å². The van der Waals surface area contributed by atoms with E-state index in [0.29, 0.717) is 23.5 Å². The largest absolute Gasteiger partial charge is 0.497 e. The van der Waals surface area contributed by atoms with Gasteiger partial charge in [-0.25, -0.2) is 18.9 Å². The Bertz CT molecular complexity index is 4340. The Balaban J connectivity index is 0.828. The minimum absolute atomic E-state index is 0.0239. The number of morpholine rings is 2. The first kappa shape index (κ1) is 82.1. The van der Waals surface area contributed by atoms with Crippen LogP contribution >= 0.6 is 7.67 Å². The number of nitrogens with zero attached hydrogens (tertiary/aromatic N) is 7. The highest BCUT2D eigenvalue weighted by molar-refractivity contribution is 7.53. The topological polar surface area (TPSA) is 254 Å². The van der Waals surface area contributed by atoms with Gasteiger partial charge in [-0.1, -0.05) is 218 Å². The average molecular weight is 1510 g/mol. The number of anilines is 2. The number of amides is 2. The molecule has 23 nitrogen and oxygen atoms in total. The lowest BCUT2D eigenvalue weighted by molar-refractivity contribution is -0.162. The third-order valence-corrected chi connectivity index (χ3v) is 22.6. The lowest BCUT2D eigenvalue weighted by Crippen LogP contribution is -2.58. The number of nitrogens with one attached hydrogen (secondary N) is 2. The van der Waals surface area contributed by atoms with Crippen LogP contribution in [0.25, 0.3) is 0 Å². The summed E-state index contributed by atoms with van der Waals surface area (Å²) in [4.78, 5) is 92.9. The van der Waals surface area contributed by atoms with Crippen LogP contribution in [0.5, 0.6) is 11.5 Å². The molecule has 109 heavy (non-hydrogen) atoms. The summed E-state index contributed by atoms with van der Waals surface area (Å²) >= 11 is 0. The highest BCUT2D eigenvalue weighted by Crippen LogP contribution is 2.55. The molecule has 2 fully saturated rings. The van der Waals surface area contributed by atoms with Gasteiger partial charge in [-0.3, -0.25) is 37.8 Å². The molecule has 8 aromatic rings. The van der Waals surface area contributed by atoms with Crippen LogP contribution in [0.4, 0.5) is 11.6 Å². The lowest BCUT2D eigenvalue weighted by atomic mass is 9.75. The van der Waals surface area contributed by atoms with Gasteiger partial charge >= 0.3 is 31.0 Å². The molecule has 0 radical (unpaired) electrons. The maximum Gasteiger partial charge on any atom is 0.351 e. The molecule has 2 aliphatic heterocycles. The van der Waals surface area contributed by atoms with E-state index in [1.807, 2.05) is 111 Å². The van der Waals surface area contributed by atoms with Crippen molar-refractivity contribution in [2.24, 2.45) is 0 Å². The zero-order chi connectivity index (χ0) is 77.0. The van der Waals surface area contributed by atoms with E-state index in [1.54, 1.807) is 81.9 Å². The Morgan fingerprint density at radius 1 is 0.550 bits per heavy atom. The maximum absolute atomic E-state index is 16.2. The minimum atomic E-state index is -4.28. The molecular formula is C85H106N9O14P. The van der Waals surface area contributed by atoms with Crippen molar-refractivity contribution in [2.45, 2.75) is 173 Å². The van der Waals surface area contributed by atoms with Crippen molar-refractivity contribution >= 4 is 43.1 Å². The van der Waals surface area contributed by atoms with Gasteiger partial charge in [0.05, 0.1) is 51.4 Å². The first-order valence-electron chi connectivity index (χ1n) is 38.4. The van der Waals surface area contributed by atoms with Crippen LogP contribution in [0, 0.1) is 13.8 Å². The number of methoxy groups -OCH3 is 1. The molecule has 5 atom stereocenters. The van der Waals surface area contributed by atoms with Gasteiger partial charge in [0.25, 0.3) is 11.8 Å². The Hall–Kier alpha value is -9.45. The SMILES string of the molecule is CCCCCCCCCCCCCCCCCCOc1cc(COC(=O)CCC(=O)OC[C@@H]2CN(P(=O)(OC[C@@H]3CN(C(c4ccccc4)(c4ccccc4)c4ccc(OC)cc4)C[C@H](n4ccc(NC(=O)c5ccccc5)nc4=O)O3)N(C)C)C[C@H](n3ccc(NC(=O)c4ccccc4)nc3=O)O2)cc(C)c1C. The number of esters is 2. The Labute approximate surface area is 640 Å². The number of aromatic nitrogens is 4. The highest BCUT2D eigenvalue weighted by atomic mass is 31.2. The third kappa shape index (κ3) is 22.8.